The van der Waals surface area contributed by atoms with E-state index < -0.39 is 0 Å². The Labute approximate surface area is 161 Å². The van der Waals surface area contributed by atoms with Gasteiger partial charge >= 0.3 is 0 Å². The first-order chi connectivity index (χ1) is 13.3. The van der Waals surface area contributed by atoms with Crippen molar-refractivity contribution in [2.24, 2.45) is 0 Å². The van der Waals surface area contributed by atoms with Crippen LogP contribution in [0.4, 0.5) is 4.39 Å². The number of hydrogen-bond acceptors (Lipinski definition) is 2. The van der Waals surface area contributed by atoms with Gasteiger partial charge in [-0.15, -0.1) is 0 Å². The van der Waals surface area contributed by atoms with Crippen molar-refractivity contribution in [2.75, 3.05) is 19.8 Å². The molecule has 0 aliphatic carbocycles. The number of nitrogens with one attached hydrogen (secondary N) is 1. The Balaban J connectivity index is 1.41. The molecule has 0 saturated carbocycles. The third-order valence-corrected chi connectivity index (χ3v) is 4.57. The van der Waals surface area contributed by atoms with E-state index in [9.17, 15) is 4.39 Å². The second-order valence-corrected chi connectivity index (χ2v) is 6.61. The lowest BCUT2D eigenvalue weighted by Crippen LogP contribution is -2.17. The number of rotatable bonds is 10. The minimum absolute atomic E-state index is 0.196. The number of ether oxygens (including phenoxy) is 1. The van der Waals surface area contributed by atoms with Gasteiger partial charge < -0.3 is 10.1 Å². The van der Waals surface area contributed by atoms with Crippen LogP contribution < -0.4 is 5.32 Å². The van der Waals surface area contributed by atoms with Gasteiger partial charge in [-0.1, -0.05) is 72.8 Å². The molecule has 0 radical (unpaired) electrons. The second kappa shape index (κ2) is 10.6. The fourth-order valence-electron chi connectivity index (χ4n) is 3.09. The molecule has 140 valence electrons. The van der Waals surface area contributed by atoms with Gasteiger partial charge in [0.2, 0.25) is 0 Å². The molecule has 0 aliphatic rings. The standard InChI is InChI=1S/C24H26FNO/c25-23-14-12-20(13-15-23)18-26-16-7-17-27-19-24(21-8-3-1-4-9-21)22-10-5-2-6-11-22/h1-6,8-15,24,26H,7,16-19H2. The fraction of sp³-hybridized carbons (Fsp3) is 0.250. The van der Waals surface area contributed by atoms with E-state index in [-0.39, 0.29) is 11.7 Å². The highest BCUT2D eigenvalue weighted by molar-refractivity contribution is 5.32. The van der Waals surface area contributed by atoms with Crippen LogP contribution in [0.5, 0.6) is 0 Å². The first kappa shape index (κ1) is 19.3. The highest BCUT2D eigenvalue weighted by Gasteiger charge is 2.13. The van der Waals surface area contributed by atoms with Crippen LogP contribution in [0.15, 0.2) is 84.9 Å². The summed E-state index contributed by atoms with van der Waals surface area (Å²) < 4.78 is 18.9. The summed E-state index contributed by atoms with van der Waals surface area (Å²) >= 11 is 0. The van der Waals surface area contributed by atoms with Gasteiger partial charge in [0.05, 0.1) is 6.61 Å². The molecular weight excluding hydrogens is 337 g/mol. The lowest BCUT2D eigenvalue weighted by atomic mass is 9.92. The lowest BCUT2D eigenvalue weighted by Gasteiger charge is -2.18. The molecule has 0 aromatic heterocycles. The zero-order valence-corrected chi connectivity index (χ0v) is 15.5. The van der Waals surface area contributed by atoms with E-state index in [1.165, 1.54) is 23.3 Å². The van der Waals surface area contributed by atoms with Crippen LogP contribution in [0.1, 0.15) is 29.0 Å². The number of benzene rings is 3. The maximum Gasteiger partial charge on any atom is 0.123 e. The van der Waals surface area contributed by atoms with Crippen molar-refractivity contribution < 1.29 is 9.13 Å². The Bertz CT molecular complexity index is 735. The second-order valence-electron chi connectivity index (χ2n) is 6.61. The third-order valence-electron chi connectivity index (χ3n) is 4.57. The van der Waals surface area contributed by atoms with Crippen LogP contribution >= 0.6 is 0 Å². The maximum absolute atomic E-state index is 12.9. The van der Waals surface area contributed by atoms with Crippen molar-refractivity contribution >= 4 is 0 Å². The molecule has 27 heavy (non-hydrogen) atoms. The molecule has 0 atom stereocenters. The van der Waals surface area contributed by atoms with E-state index in [1.54, 1.807) is 0 Å². The molecule has 0 unspecified atom stereocenters. The predicted molar refractivity (Wildman–Crippen MR) is 108 cm³/mol. The quantitative estimate of drug-likeness (QED) is 0.503. The summed E-state index contributed by atoms with van der Waals surface area (Å²) in [7, 11) is 0. The van der Waals surface area contributed by atoms with Gasteiger partial charge in [-0.25, -0.2) is 4.39 Å². The van der Waals surface area contributed by atoms with E-state index in [1.807, 2.05) is 24.3 Å². The zero-order chi connectivity index (χ0) is 18.7. The summed E-state index contributed by atoms with van der Waals surface area (Å²) in [6.45, 7) is 3.01. The molecule has 0 heterocycles. The van der Waals surface area contributed by atoms with Gasteiger partial charge in [0.1, 0.15) is 5.82 Å². The zero-order valence-electron chi connectivity index (χ0n) is 15.5. The Morgan fingerprint density at radius 3 is 1.96 bits per heavy atom. The average molecular weight is 363 g/mol. The minimum Gasteiger partial charge on any atom is -0.380 e. The van der Waals surface area contributed by atoms with Crippen LogP contribution in [0.2, 0.25) is 0 Å². The molecule has 3 aromatic carbocycles. The molecule has 0 amide bonds. The van der Waals surface area contributed by atoms with Crippen LogP contribution in [-0.2, 0) is 11.3 Å². The molecule has 3 heteroatoms. The molecule has 0 fully saturated rings. The van der Waals surface area contributed by atoms with E-state index in [2.05, 4.69) is 53.8 Å². The van der Waals surface area contributed by atoms with Crippen molar-refractivity contribution in [1.29, 1.82) is 0 Å². The van der Waals surface area contributed by atoms with Crippen molar-refractivity contribution in [3.8, 4) is 0 Å². The molecule has 3 aromatic rings. The summed E-state index contributed by atoms with van der Waals surface area (Å²) in [6, 6.07) is 27.6. The first-order valence-corrected chi connectivity index (χ1v) is 9.46. The molecule has 0 saturated heterocycles. The van der Waals surface area contributed by atoms with Crippen molar-refractivity contribution in [2.45, 2.75) is 18.9 Å². The van der Waals surface area contributed by atoms with E-state index in [0.717, 1.165) is 25.1 Å². The van der Waals surface area contributed by atoms with Crippen LogP contribution in [0.25, 0.3) is 0 Å². The summed E-state index contributed by atoms with van der Waals surface area (Å²) in [6.07, 6.45) is 0.942. The van der Waals surface area contributed by atoms with Crippen molar-refractivity contribution in [1.82, 2.24) is 5.32 Å². The largest absolute Gasteiger partial charge is 0.380 e. The Kier molecular flexibility index (Phi) is 7.57. The van der Waals surface area contributed by atoms with Gasteiger partial charge in [-0.3, -0.25) is 0 Å². The van der Waals surface area contributed by atoms with Crippen LogP contribution in [-0.4, -0.2) is 19.8 Å². The van der Waals surface area contributed by atoms with Crippen molar-refractivity contribution in [3.05, 3.63) is 107 Å². The maximum atomic E-state index is 12.9. The monoisotopic (exact) mass is 363 g/mol. The lowest BCUT2D eigenvalue weighted by molar-refractivity contribution is 0.125. The molecule has 3 rings (SSSR count). The van der Waals surface area contributed by atoms with E-state index >= 15 is 0 Å². The minimum atomic E-state index is -0.196. The van der Waals surface area contributed by atoms with Gasteiger partial charge in [0, 0.05) is 19.1 Å². The number of halogens is 1. The molecule has 0 spiro atoms. The Hall–Kier alpha value is -2.49. The van der Waals surface area contributed by atoms with Gasteiger partial charge in [0.25, 0.3) is 0 Å². The average Bonchev–Trinajstić information content (AvgIpc) is 2.73. The molecule has 2 nitrogen and oxygen atoms in total. The molecule has 1 N–H and O–H groups in total. The summed E-state index contributed by atoms with van der Waals surface area (Å²) in [5, 5.41) is 3.37. The predicted octanol–water partition coefficient (Wildman–Crippen LogP) is 5.15. The van der Waals surface area contributed by atoms with Gasteiger partial charge in [0.15, 0.2) is 0 Å². The summed E-state index contributed by atoms with van der Waals surface area (Å²) in [4.78, 5) is 0. The smallest absolute Gasteiger partial charge is 0.123 e. The topological polar surface area (TPSA) is 21.3 Å². The highest BCUT2D eigenvalue weighted by Crippen LogP contribution is 2.24. The van der Waals surface area contributed by atoms with Crippen LogP contribution in [0.3, 0.4) is 0 Å². The van der Waals surface area contributed by atoms with Crippen molar-refractivity contribution in [3.63, 3.8) is 0 Å². The fourth-order valence-corrected chi connectivity index (χ4v) is 3.09. The summed E-state index contributed by atoms with van der Waals surface area (Å²) in [5.41, 5.74) is 3.64. The Morgan fingerprint density at radius 2 is 1.37 bits per heavy atom. The van der Waals surface area contributed by atoms with E-state index in [4.69, 9.17) is 4.74 Å². The molecule has 0 aliphatic heterocycles. The Morgan fingerprint density at radius 1 is 0.778 bits per heavy atom. The van der Waals surface area contributed by atoms with E-state index in [0.29, 0.717) is 13.2 Å². The normalized spacial score (nSPS) is 11.0. The highest BCUT2D eigenvalue weighted by atomic mass is 19.1. The van der Waals surface area contributed by atoms with Gasteiger partial charge in [-0.05, 0) is 41.8 Å². The summed E-state index contributed by atoms with van der Waals surface area (Å²) in [5.74, 6) is 0.0538. The third kappa shape index (κ3) is 6.31. The van der Waals surface area contributed by atoms with Gasteiger partial charge in [-0.2, -0.15) is 0 Å². The molecule has 0 bridgehead atoms. The SMILES string of the molecule is Fc1ccc(CNCCCOCC(c2ccccc2)c2ccccc2)cc1. The molecular formula is C24H26FNO. The number of hydrogen-bond donors (Lipinski definition) is 1. The first-order valence-electron chi connectivity index (χ1n) is 9.46. The van der Waals surface area contributed by atoms with Crippen LogP contribution in [0, 0.1) is 5.82 Å².